The zero-order chi connectivity index (χ0) is 29.2. The maximum absolute atomic E-state index is 14.3. The molecule has 0 aromatic heterocycles. The number of ether oxygens (including phenoxy) is 1. The van der Waals surface area contributed by atoms with E-state index in [9.17, 15) is 32.4 Å². The lowest BCUT2D eigenvalue weighted by Crippen LogP contribution is -2.60. The number of nitrogens with one attached hydrogen (secondary N) is 1. The van der Waals surface area contributed by atoms with E-state index in [2.05, 4.69) is 11.4 Å². The highest BCUT2D eigenvalue weighted by atomic mass is 19.4. The molecular weight excluding hydrogens is 528 g/mol. The van der Waals surface area contributed by atoms with Gasteiger partial charge in [-0.1, -0.05) is 36.4 Å². The summed E-state index contributed by atoms with van der Waals surface area (Å²) in [6.07, 6.45) is -5.10. The van der Waals surface area contributed by atoms with E-state index in [0.29, 0.717) is 10.5 Å². The normalized spacial score (nSPS) is 17.8. The topological polar surface area (TPSA) is 85.7 Å². The molecule has 0 radical (unpaired) electrons. The van der Waals surface area contributed by atoms with Gasteiger partial charge in [0.25, 0.3) is 0 Å². The number of benzene rings is 3. The summed E-state index contributed by atoms with van der Waals surface area (Å²) in [6, 6.07) is 16.0. The summed E-state index contributed by atoms with van der Waals surface area (Å²) in [4.78, 5) is 28.7. The number of nitrogens with zero attached hydrogens (tertiary/aromatic N) is 3. The fraction of sp³-hybridized carbons (Fsp3) is 0.345. The summed E-state index contributed by atoms with van der Waals surface area (Å²) in [5.41, 5.74) is -0.508. The highest BCUT2D eigenvalue weighted by molar-refractivity contribution is 5.92. The van der Waals surface area contributed by atoms with Crippen LogP contribution in [0.4, 0.5) is 17.6 Å². The third-order valence-corrected chi connectivity index (χ3v) is 7.57. The number of carbonyl (C=O) groups excluding carboxylic acids is 2. The SMILES string of the molecule is COc1c(C#N)cc2ccccc2c1CN(C)C(=O)C(c1ccc(F)cc1)[C@@]1(N(C)C(=O)C(F)(F)F)CCNC1. The third kappa shape index (κ3) is 5.19. The van der Waals surface area contributed by atoms with Crippen LogP contribution in [0.2, 0.25) is 0 Å². The van der Waals surface area contributed by atoms with Crippen LogP contribution in [0.15, 0.2) is 54.6 Å². The third-order valence-electron chi connectivity index (χ3n) is 7.57. The fourth-order valence-corrected chi connectivity index (χ4v) is 5.57. The summed E-state index contributed by atoms with van der Waals surface area (Å²) < 4.78 is 60.2. The first-order valence-electron chi connectivity index (χ1n) is 12.5. The van der Waals surface area contributed by atoms with Gasteiger partial charge >= 0.3 is 12.1 Å². The van der Waals surface area contributed by atoms with Gasteiger partial charge in [0.15, 0.2) is 0 Å². The molecule has 11 heteroatoms. The average molecular weight is 557 g/mol. The lowest BCUT2D eigenvalue weighted by atomic mass is 9.76. The monoisotopic (exact) mass is 556 g/mol. The zero-order valence-electron chi connectivity index (χ0n) is 22.2. The van der Waals surface area contributed by atoms with Crippen LogP contribution < -0.4 is 10.1 Å². The van der Waals surface area contributed by atoms with Crippen molar-refractivity contribution in [2.24, 2.45) is 0 Å². The fourth-order valence-electron chi connectivity index (χ4n) is 5.57. The second kappa shape index (κ2) is 11.1. The van der Waals surface area contributed by atoms with E-state index < -0.39 is 35.3 Å². The summed E-state index contributed by atoms with van der Waals surface area (Å²) >= 11 is 0. The number of halogens is 4. The molecular formula is C29H28F4N4O3. The Balaban J connectivity index is 1.83. The van der Waals surface area contributed by atoms with Crippen molar-refractivity contribution in [2.75, 3.05) is 34.3 Å². The largest absolute Gasteiger partial charge is 0.495 e. The van der Waals surface area contributed by atoms with Crippen molar-refractivity contribution in [2.45, 2.75) is 30.6 Å². The molecule has 0 saturated carbocycles. The maximum Gasteiger partial charge on any atom is 0.471 e. The molecule has 210 valence electrons. The summed E-state index contributed by atoms with van der Waals surface area (Å²) in [5.74, 6) is -4.22. The highest BCUT2D eigenvalue weighted by Gasteiger charge is 2.55. The molecule has 40 heavy (non-hydrogen) atoms. The molecule has 1 N–H and O–H groups in total. The van der Waals surface area contributed by atoms with Gasteiger partial charge in [-0.2, -0.15) is 18.4 Å². The number of nitriles is 1. The van der Waals surface area contributed by atoms with Crippen LogP contribution in [0.1, 0.15) is 29.0 Å². The van der Waals surface area contributed by atoms with Gasteiger partial charge in [-0.3, -0.25) is 9.59 Å². The Labute approximate surface area is 228 Å². The van der Waals surface area contributed by atoms with E-state index in [4.69, 9.17) is 4.74 Å². The second-order valence-corrected chi connectivity index (χ2v) is 9.84. The Hall–Kier alpha value is -4.17. The lowest BCUT2D eigenvalue weighted by Gasteiger charge is -2.45. The van der Waals surface area contributed by atoms with Crippen LogP contribution in [0.5, 0.6) is 5.75 Å². The van der Waals surface area contributed by atoms with E-state index in [1.54, 1.807) is 12.1 Å². The molecule has 0 spiro atoms. The molecule has 0 bridgehead atoms. The lowest BCUT2D eigenvalue weighted by molar-refractivity contribution is -0.190. The van der Waals surface area contributed by atoms with Gasteiger partial charge in [-0.15, -0.1) is 0 Å². The Morgan fingerprint density at radius 3 is 2.40 bits per heavy atom. The molecule has 1 saturated heterocycles. The standard InChI is InChI=1S/C29H28F4N4O3/c1-36(16-23-22-7-5-4-6-19(22)14-20(15-34)25(23)40-3)26(38)24(18-8-10-21(30)11-9-18)28(12-13-35-17-28)37(2)27(39)29(31,32)33/h4-11,14,24,35H,12-13,16-17H2,1-3H3/t24?,28-/m1/s1. The Kier molecular flexibility index (Phi) is 8.03. The number of fused-ring (bicyclic) bond motifs is 1. The van der Waals surface area contributed by atoms with E-state index in [1.165, 1.54) is 31.2 Å². The minimum atomic E-state index is -5.16. The quantitative estimate of drug-likeness (QED) is 0.438. The minimum Gasteiger partial charge on any atom is -0.495 e. The number of hydrogen-bond donors (Lipinski definition) is 1. The summed E-state index contributed by atoms with van der Waals surface area (Å²) in [5, 5.41) is 14.2. The first-order valence-corrected chi connectivity index (χ1v) is 12.5. The molecule has 1 fully saturated rings. The van der Waals surface area contributed by atoms with E-state index >= 15 is 0 Å². The van der Waals surface area contributed by atoms with E-state index in [-0.39, 0.29) is 42.9 Å². The van der Waals surface area contributed by atoms with E-state index in [0.717, 1.165) is 30.0 Å². The van der Waals surface area contributed by atoms with E-state index in [1.807, 2.05) is 18.2 Å². The first-order chi connectivity index (χ1) is 18.9. The van der Waals surface area contributed by atoms with Gasteiger partial charge in [0.1, 0.15) is 17.6 Å². The Morgan fingerprint density at radius 1 is 1.15 bits per heavy atom. The van der Waals surface area contributed by atoms with Gasteiger partial charge in [0, 0.05) is 32.7 Å². The molecule has 1 heterocycles. The predicted octanol–water partition coefficient (Wildman–Crippen LogP) is 4.35. The van der Waals surface area contributed by atoms with Crippen LogP contribution >= 0.6 is 0 Å². The van der Waals surface area contributed by atoms with Crippen molar-refractivity contribution in [1.29, 1.82) is 5.26 Å². The number of likely N-dealkylation sites (N-methyl/N-ethyl adjacent to an activating group) is 2. The number of rotatable bonds is 7. The molecule has 1 aliphatic rings. The van der Waals surface area contributed by atoms with Gasteiger partial charge < -0.3 is 19.9 Å². The highest BCUT2D eigenvalue weighted by Crippen LogP contribution is 2.42. The van der Waals surface area contributed by atoms with Crippen LogP contribution in [0.3, 0.4) is 0 Å². The van der Waals surface area contributed by atoms with Crippen LogP contribution in [0.25, 0.3) is 10.8 Å². The van der Waals surface area contributed by atoms with Gasteiger partial charge in [-0.05, 0) is 47.5 Å². The average Bonchev–Trinajstić information content (AvgIpc) is 3.43. The van der Waals surface area contributed by atoms with Crippen molar-refractivity contribution >= 4 is 22.6 Å². The van der Waals surface area contributed by atoms with Gasteiger partial charge in [-0.25, -0.2) is 4.39 Å². The zero-order valence-corrected chi connectivity index (χ0v) is 22.2. The molecule has 3 aromatic rings. The van der Waals surface area contributed by atoms with Crippen LogP contribution in [-0.2, 0) is 16.1 Å². The maximum atomic E-state index is 14.3. The number of amides is 2. The second-order valence-electron chi connectivity index (χ2n) is 9.84. The molecule has 3 aromatic carbocycles. The molecule has 4 rings (SSSR count). The minimum absolute atomic E-state index is 0.0455. The number of carbonyl (C=O) groups is 2. The van der Waals surface area contributed by atoms with Crippen molar-refractivity contribution < 1.29 is 31.9 Å². The van der Waals surface area contributed by atoms with Gasteiger partial charge in [0.05, 0.1) is 24.1 Å². The molecule has 2 amide bonds. The number of hydrogen-bond acceptors (Lipinski definition) is 5. The van der Waals surface area contributed by atoms with Crippen molar-refractivity contribution in [3.05, 3.63) is 77.1 Å². The van der Waals surface area contributed by atoms with Crippen molar-refractivity contribution in [1.82, 2.24) is 15.1 Å². The van der Waals surface area contributed by atoms with Gasteiger partial charge in [0.2, 0.25) is 5.91 Å². The molecule has 2 atom stereocenters. The molecule has 1 unspecified atom stereocenters. The smallest absolute Gasteiger partial charge is 0.471 e. The van der Waals surface area contributed by atoms with Crippen LogP contribution in [0, 0.1) is 17.1 Å². The van der Waals surface area contributed by atoms with Crippen molar-refractivity contribution in [3.8, 4) is 11.8 Å². The Bertz CT molecular complexity index is 1460. The summed E-state index contributed by atoms with van der Waals surface area (Å²) in [7, 11) is 3.95. The Morgan fingerprint density at radius 2 is 1.82 bits per heavy atom. The first kappa shape index (κ1) is 28.8. The summed E-state index contributed by atoms with van der Waals surface area (Å²) in [6.45, 7) is 0.145. The van der Waals surface area contributed by atoms with Crippen LogP contribution in [-0.4, -0.2) is 67.6 Å². The molecule has 1 aliphatic heterocycles. The number of alkyl halides is 3. The van der Waals surface area contributed by atoms with Crippen molar-refractivity contribution in [3.63, 3.8) is 0 Å². The molecule has 7 nitrogen and oxygen atoms in total. The number of methoxy groups -OCH3 is 1. The molecule has 0 aliphatic carbocycles. The predicted molar refractivity (Wildman–Crippen MR) is 140 cm³/mol.